The molecule has 0 aliphatic heterocycles. The highest BCUT2D eigenvalue weighted by Gasteiger charge is 2.22. The number of nitrogen functional groups attached to an aromatic ring is 1. The normalized spacial score (nSPS) is 14.3. The first-order valence-electron chi connectivity index (χ1n) is 6.98. The summed E-state index contributed by atoms with van der Waals surface area (Å²) in [6, 6.07) is 3.76. The maximum absolute atomic E-state index is 13.6. The van der Waals surface area contributed by atoms with Crippen molar-refractivity contribution in [2.24, 2.45) is 0 Å². The molecule has 0 saturated heterocycles. The van der Waals surface area contributed by atoms with E-state index in [2.05, 4.69) is 5.32 Å². The Hall–Kier alpha value is -1.86. The summed E-state index contributed by atoms with van der Waals surface area (Å²) in [6.07, 6.45) is -3.26. The SMILES string of the molecule is CC(C)(C)OC(=O)NCCC(O)C(O)c1cc(N)ccc1F. The van der Waals surface area contributed by atoms with E-state index in [1.165, 1.54) is 12.1 Å². The molecule has 1 aromatic carbocycles. The minimum absolute atomic E-state index is 0.0364. The van der Waals surface area contributed by atoms with Gasteiger partial charge in [-0.05, 0) is 45.4 Å². The molecule has 0 saturated carbocycles. The number of ether oxygens (including phenoxy) is 1. The van der Waals surface area contributed by atoms with E-state index in [9.17, 15) is 19.4 Å². The van der Waals surface area contributed by atoms with Crippen LogP contribution >= 0.6 is 0 Å². The molecule has 22 heavy (non-hydrogen) atoms. The molecule has 1 rings (SSSR count). The van der Waals surface area contributed by atoms with Crippen molar-refractivity contribution >= 4 is 11.8 Å². The molecule has 0 aromatic heterocycles. The number of nitrogens with one attached hydrogen (secondary N) is 1. The van der Waals surface area contributed by atoms with Gasteiger partial charge in [-0.2, -0.15) is 0 Å². The topological polar surface area (TPSA) is 105 Å². The number of benzene rings is 1. The summed E-state index contributed by atoms with van der Waals surface area (Å²) in [6.45, 7) is 5.27. The molecule has 0 heterocycles. The Balaban J connectivity index is 2.50. The molecule has 0 fully saturated rings. The first kappa shape index (κ1) is 18.2. The first-order valence-corrected chi connectivity index (χ1v) is 6.98. The molecule has 1 amide bonds. The number of rotatable bonds is 5. The predicted molar refractivity (Wildman–Crippen MR) is 80.6 cm³/mol. The maximum atomic E-state index is 13.6. The van der Waals surface area contributed by atoms with Crippen LogP contribution in [0, 0.1) is 5.82 Å². The molecule has 2 atom stereocenters. The number of carbonyl (C=O) groups is 1. The van der Waals surface area contributed by atoms with Crippen molar-refractivity contribution in [1.29, 1.82) is 0 Å². The Labute approximate surface area is 129 Å². The second-order valence-corrected chi connectivity index (χ2v) is 6.01. The number of amides is 1. The van der Waals surface area contributed by atoms with Crippen molar-refractivity contribution in [1.82, 2.24) is 5.32 Å². The van der Waals surface area contributed by atoms with Gasteiger partial charge in [-0.3, -0.25) is 0 Å². The maximum Gasteiger partial charge on any atom is 0.407 e. The number of hydrogen-bond donors (Lipinski definition) is 4. The number of halogens is 1. The Morgan fingerprint density at radius 3 is 2.64 bits per heavy atom. The standard InChI is InChI=1S/C15H23FN2O4/c1-15(2,3)22-14(21)18-7-6-12(19)13(20)10-8-9(17)4-5-11(10)16/h4-5,8,12-13,19-20H,6-7,17H2,1-3H3,(H,18,21). The summed E-state index contributed by atoms with van der Waals surface area (Å²) >= 11 is 0. The van der Waals surface area contributed by atoms with Gasteiger partial charge in [0, 0.05) is 17.8 Å². The van der Waals surface area contributed by atoms with E-state index in [0.29, 0.717) is 0 Å². The summed E-state index contributed by atoms with van der Waals surface area (Å²) in [7, 11) is 0. The average molecular weight is 314 g/mol. The lowest BCUT2D eigenvalue weighted by Gasteiger charge is -2.21. The Bertz CT molecular complexity index is 517. The highest BCUT2D eigenvalue weighted by atomic mass is 19.1. The largest absolute Gasteiger partial charge is 0.444 e. The van der Waals surface area contributed by atoms with Gasteiger partial charge >= 0.3 is 6.09 Å². The van der Waals surface area contributed by atoms with Gasteiger partial charge in [0.2, 0.25) is 0 Å². The van der Waals surface area contributed by atoms with E-state index in [1.807, 2.05) is 0 Å². The van der Waals surface area contributed by atoms with Crippen LogP contribution in [0.1, 0.15) is 38.9 Å². The van der Waals surface area contributed by atoms with Crippen LogP contribution in [-0.2, 0) is 4.74 Å². The smallest absolute Gasteiger partial charge is 0.407 e. The number of alkyl carbamates (subject to hydrolysis) is 1. The van der Waals surface area contributed by atoms with Crippen molar-refractivity contribution in [3.8, 4) is 0 Å². The van der Waals surface area contributed by atoms with Crippen molar-refractivity contribution in [2.45, 2.75) is 45.0 Å². The molecule has 0 aliphatic carbocycles. The number of aliphatic hydroxyl groups is 2. The van der Waals surface area contributed by atoms with E-state index in [0.717, 1.165) is 6.07 Å². The lowest BCUT2D eigenvalue weighted by molar-refractivity contribution is 0.0104. The molecule has 7 heteroatoms. The van der Waals surface area contributed by atoms with Crippen LogP contribution in [0.5, 0.6) is 0 Å². The monoisotopic (exact) mass is 314 g/mol. The zero-order valence-electron chi connectivity index (χ0n) is 13.0. The molecule has 0 radical (unpaired) electrons. The summed E-state index contributed by atoms with van der Waals surface area (Å²) in [5.41, 5.74) is 5.12. The van der Waals surface area contributed by atoms with Crippen LogP contribution in [0.15, 0.2) is 18.2 Å². The van der Waals surface area contributed by atoms with Gasteiger partial charge in [-0.15, -0.1) is 0 Å². The van der Waals surface area contributed by atoms with Gasteiger partial charge < -0.3 is 26.0 Å². The number of nitrogens with two attached hydrogens (primary N) is 1. The zero-order valence-corrected chi connectivity index (χ0v) is 13.0. The lowest BCUT2D eigenvalue weighted by atomic mass is 10.0. The molecule has 0 aliphatic rings. The molecular weight excluding hydrogens is 291 g/mol. The highest BCUT2D eigenvalue weighted by molar-refractivity contribution is 5.67. The van der Waals surface area contributed by atoms with E-state index in [4.69, 9.17) is 10.5 Å². The van der Waals surface area contributed by atoms with E-state index < -0.39 is 29.7 Å². The Kier molecular flexibility index (Phi) is 6.13. The van der Waals surface area contributed by atoms with Crippen LogP contribution in [0.25, 0.3) is 0 Å². The third kappa shape index (κ3) is 5.87. The van der Waals surface area contributed by atoms with Gasteiger partial charge in [0.05, 0.1) is 6.10 Å². The van der Waals surface area contributed by atoms with Gasteiger partial charge in [-0.25, -0.2) is 9.18 Å². The Morgan fingerprint density at radius 2 is 2.05 bits per heavy atom. The van der Waals surface area contributed by atoms with Crippen LogP contribution in [0.4, 0.5) is 14.9 Å². The number of aliphatic hydroxyl groups excluding tert-OH is 2. The van der Waals surface area contributed by atoms with Crippen LogP contribution in [0.2, 0.25) is 0 Å². The van der Waals surface area contributed by atoms with Crippen molar-refractivity contribution < 1.29 is 24.1 Å². The van der Waals surface area contributed by atoms with Gasteiger partial charge in [0.15, 0.2) is 0 Å². The number of anilines is 1. The molecular formula is C15H23FN2O4. The fraction of sp³-hybridized carbons (Fsp3) is 0.533. The fourth-order valence-electron chi connectivity index (χ4n) is 1.79. The van der Waals surface area contributed by atoms with Gasteiger partial charge in [0.1, 0.15) is 17.5 Å². The van der Waals surface area contributed by atoms with Crippen LogP contribution < -0.4 is 11.1 Å². The highest BCUT2D eigenvalue weighted by Crippen LogP contribution is 2.23. The molecule has 5 N–H and O–H groups in total. The van der Waals surface area contributed by atoms with Gasteiger partial charge in [0.25, 0.3) is 0 Å². The Morgan fingerprint density at radius 1 is 1.41 bits per heavy atom. The third-order valence-corrected chi connectivity index (χ3v) is 2.81. The fourth-order valence-corrected chi connectivity index (χ4v) is 1.79. The van der Waals surface area contributed by atoms with Crippen molar-refractivity contribution in [3.05, 3.63) is 29.6 Å². The van der Waals surface area contributed by atoms with E-state index in [1.54, 1.807) is 20.8 Å². The molecule has 2 unspecified atom stereocenters. The minimum Gasteiger partial charge on any atom is -0.444 e. The van der Waals surface area contributed by atoms with E-state index >= 15 is 0 Å². The summed E-state index contributed by atoms with van der Waals surface area (Å²) < 4.78 is 18.6. The van der Waals surface area contributed by atoms with Crippen LogP contribution in [0.3, 0.4) is 0 Å². The molecule has 1 aromatic rings. The summed E-state index contributed by atoms with van der Waals surface area (Å²) in [5.74, 6) is -0.652. The average Bonchev–Trinajstić information content (AvgIpc) is 2.38. The van der Waals surface area contributed by atoms with Crippen molar-refractivity contribution in [3.63, 3.8) is 0 Å². The zero-order chi connectivity index (χ0) is 16.9. The summed E-state index contributed by atoms with van der Waals surface area (Å²) in [5, 5.41) is 22.3. The predicted octanol–water partition coefficient (Wildman–Crippen LogP) is 1.72. The molecule has 6 nitrogen and oxygen atoms in total. The second kappa shape index (κ2) is 7.42. The van der Waals surface area contributed by atoms with E-state index in [-0.39, 0.29) is 24.2 Å². The quantitative estimate of drug-likeness (QED) is 0.619. The lowest BCUT2D eigenvalue weighted by Crippen LogP contribution is -2.34. The van der Waals surface area contributed by atoms with Gasteiger partial charge in [-0.1, -0.05) is 0 Å². The first-order chi connectivity index (χ1) is 10.1. The molecule has 0 bridgehead atoms. The molecule has 0 spiro atoms. The number of carbonyl (C=O) groups excluding carboxylic acids is 1. The number of hydrogen-bond acceptors (Lipinski definition) is 5. The van der Waals surface area contributed by atoms with Crippen LogP contribution in [-0.4, -0.2) is 34.6 Å². The van der Waals surface area contributed by atoms with Crippen molar-refractivity contribution in [2.75, 3.05) is 12.3 Å². The second-order valence-electron chi connectivity index (χ2n) is 6.01. The minimum atomic E-state index is -1.43. The molecule has 124 valence electrons. The third-order valence-electron chi connectivity index (χ3n) is 2.81. The summed E-state index contributed by atoms with van der Waals surface area (Å²) in [4.78, 5) is 11.4.